The van der Waals surface area contributed by atoms with Gasteiger partial charge in [0.25, 0.3) is 0 Å². The fourth-order valence-electron chi connectivity index (χ4n) is 2.64. The Balaban J connectivity index is 2.09. The van der Waals surface area contributed by atoms with Crippen LogP contribution in [0.4, 0.5) is 4.39 Å². The SMILES string of the molecule is COC1CCN(C(CN)c2ccc(Cl)c(F)c2)CC1. The van der Waals surface area contributed by atoms with Crippen LogP contribution in [0.1, 0.15) is 24.4 Å². The van der Waals surface area contributed by atoms with Gasteiger partial charge in [-0.25, -0.2) is 4.39 Å². The molecule has 1 heterocycles. The Bertz CT molecular complexity index is 422. The molecule has 1 aliphatic rings. The second kappa shape index (κ2) is 6.66. The Hall–Kier alpha value is -0.680. The van der Waals surface area contributed by atoms with E-state index in [2.05, 4.69) is 4.90 Å². The lowest BCUT2D eigenvalue weighted by Crippen LogP contribution is -2.41. The van der Waals surface area contributed by atoms with Crippen molar-refractivity contribution >= 4 is 11.6 Å². The van der Waals surface area contributed by atoms with Crippen LogP contribution in [0.15, 0.2) is 18.2 Å². The van der Waals surface area contributed by atoms with E-state index >= 15 is 0 Å². The minimum absolute atomic E-state index is 0.0459. The Morgan fingerprint density at radius 1 is 1.47 bits per heavy atom. The maximum Gasteiger partial charge on any atom is 0.142 e. The highest BCUT2D eigenvalue weighted by Crippen LogP contribution is 2.27. The Morgan fingerprint density at radius 2 is 2.16 bits per heavy atom. The molecule has 19 heavy (non-hydrogen) atoms. The molecule has 1 aromatic rings. The number of rotatable bonds is 4. The summed E-state index contributed by atoms with van der Waals surface area (Å²) in [6, 6.07) is 4.98. The van der Waals surface area contributed by atoms with E-state index in [1.54, 1.807) is 13.2 Å². The molecule has 0 bridgehead atoms. The number of piperidine rings is 1. The normalized spacial score (nSPS) is 19.6. The van der Waals surface area contributed by atoms with Crippen LogP contribution in [0, 0.1) is 5.82 Å². The van der Waals surface area contributed by atoms with E-state index in [4.69, 9.17) is 22.1 Å². The van der Waals surface area contributed by atoms with E-state index < -0.39 is 0 Å². The highest BCUT2D eigenvalue weighted by molar-refractivity contribution is 6.30. The van der Waals surface area contributed by atoms with E-state index in [-0.39, 0.29) is 16.9 Å². The Kier molecular flexibility index (Phi) is 5.16. The maximum absolute atomic E-state index is 13.5. The van der Waals surface area contributed by atoms with Crippen LogP contribution in [0.25, 0.3) is 0 Å². The highest BCUT2D eigenvalue weighted by Gasteiger charge is 2.25. The van der Waals surface area contributed by atoms with Gasteiger partial charge in [0, 0.05) is 32.8 Å². The van der Waals surface area contributed by atoms with Gasteiger partial charge >= 0.3 is 0 Å². The predicted molar refractivity (Wildman–Crippen MR) is 74.8 cm³/mol. The first kappa shape index (κ1) is 14.7. The van der Waals surface area contributed by atoms with Crippen molar-refractivity contribution < 1.29 is 9.13 Å². The van der Waals surface area contributed by atoms with Crippen molar-refractivity contribution in [2.75, 3.05) is 26.7 Å². The van der Waals surface area contributed by atoms with Gasteiger partial charge in [-0.2, -0.15) is 0 Å². The average molecular weight is 287 g/mol. The lowest BCUT2D eigenvalue weighted by atomic mass is 10.0. The molecule has 3 nitrogen and oxygen atoms in total. The smallest absolute Gasteiger partial charge is 0.142 e. The summed E-state index contributed by atoms with van der Waals surface area (Å²) >= 11 is 5.72. The third kappa shape index (κ3) is 3.45. The van der Waals surface area contributed by atoms with Gasteiger partial charge in [-0.15, -0.1) is 0 Å². The molecule has 0 radical (unpaired) electrons. The molecule has 1 aromatic carbocycles. The number of nitrogens with two attached hydrogens (primary N) is 1. The van der Waals surface area contributed by atoms with Crippen molar-refractivity contribution in [2.24, 2.45) is 5.73 Å². The van der Waals surface area contributed by atoms with E-state index in [1.807, 2.05) is 6.07 Å². The standard InChI is InChI=1S/C14H20ClFN2O/c1-19-11-4-6-18(7-5-11)14(9-17)10-2-3-12(15)13(16)8-10/h2-3,8,11,14H,4-7,9,17H2,1H3. The molecule has 1 atom stereocenters. The predicted octanol–water partition coefficient (Wildman–Crippen LogP) is 2.59. The van der Waals surface area contributed by atoms with Gasteiger partial charge in [0.2, 0.25) is 0 Å². The first-order chi connectivity index (χ1) is 9.15. The molecule has 1 fully saturated rings. The summed E-state index contributed by atoms with van der Waals surface area (Å²) in [6.45, 7) is 2.31. The van der Waals surface area contributed by atoms with Crippen molar-refractivity contribution in [3.8, 4) is 0 Å². The minimum Gasteiger partial charge on any atom is -0.381 e. The molecule has 1 aliphatic heterocycles. The number of methoxy groups -OCH3 is 1. The van der Waals surface area contributed by atoms with Gasteiger partial charge in [0.05, 0.1) is 11.1 Å². The molecule has 2 N–H and O–H groups in total. The first-order valence-electron chi connectivity index (χ1n) is 6.57. The molecule has 0 saturated carbocycles. The molecule has 5 heteroatoms. The first-order valence-corrected chi connectivity index (χ1v) is 6.95. The van der Waals surface area contributed by atoms with Crippen LogP contribution in [0.3, 0.4) is 0 Å². The maximum atomic E-state index is 13.5. The number of hydrogen-bond acceptors (Lipinski definition) is 3. The lowest BCUT2D eigenvalue weighted by Gasteiger charge is -2.36. The third-order valence-corrected chi connectivity index (χ3v) is 4.11. The average Bonchev–Trinajstić information content (AvgIpc) is 2.44. The van der Waals surface area contributed by atoms with Crippen LogP contribution in [-0.4, -0.2) is 37.7 Å². The molecule has 106 valence electrons. The Labute approximate surface area is 118 Å². The number of nitrogens with zero attached hydrogens (tertiary/aromatic N) is 1. The highest BCUT2D eigenvalue weighted by atomic mass is 35.5. The fourth-order valence-corrected chi connectivity index (χ4v) is 2.76. The lowest BCUT2D eigenvalue weighted by molar-refractivity contribution is 0.0280. The number of benzene rings is 1. The summed E-state index contributed by atoms with van der Waals surface area (Å²) < 4.78 is 18.9. The molecule has 1 saturated heterocycles. The number of halogens is 2. The zero-order valence-corrected chi connectivity index (χ0v) is 11.9. The van der Waals surface area contributed by atoms with E-state index in [0.717, 1.165) is 31.5 Å². The zero-order valence-electron chi connectivity index (χ0n) is 11.1. The van der Waals surface area contributed by atoms with Crippen LogP contribution in [0.2, 0.25) is 5.02 Å². The van der Waals surface area contributed by atoms with E-state index in [1.165, 1.54) is 6.07 Å². The fraction of sp³-hybridized carbons (Fsp3) is 0.571. The molecule has 0 spiro atoms. The van der Waals surface area contributed by atoms with Crippen molar-refractivity contribution in [3.63, 3.8) is 0 Å². The van der Waals surface area contributed by atoms with Gasteiger partial charge in [-0.05, 0) is 30.5 Å². The zero-order chi connectivity index (χ0) is 13.8. The van der Waals surface area contributed by atoms with Crippen molar-refractivity contribution in [3.05, 3.63) is 34.6 Å². The summed E-state index contributed by atoms with van der Waals surface area (Å²) in [4.78, 5) is 2.29. The quantitative estimate of drug-likeness (QED) is 0.925. The third-order valence-electron chi connectivity index (χ3n) is 3.80. The van der Waals surface area contributed by atoms with Gasteiger partial charge < -0.3 is 10.5 Å². The van der Waals surface area contributed by atoms with Crippen molar-refractivity contribution in [1.82, 2.24) is 4.90 Å². The van der Waals surface area contributed by atoms with Crippen LogP contribution >= 0.6 is 11.6 Å². The summed E-state index contributed by atoms with van der Waals surface area (Å²) in [6.07, 6.45) is 2.31. The van der Waals surface area contributed by atoms with Gasteiger partial charge in [0.1, 0.15) is 5.82 Å². The van der Waals surface area contributed by atoms with Gasteiger partial charge in [-0.3, -0.25) is 4.90 Å². The number of ether oxygens (including phenoxy) is 1. The summed E-state index contributed by atoms with van der Waals surface area (Å²) in [5.41, 5.74) is 6.75. The van der Waals surface area contributed by atoms with Crippen molar-refractivity contribution in [1.29, 1.82) is 0 Å². The van der Waals surface area contributed by atoms with E-state index in [9.17, 15) is 4.39 Å². The van der Waals surface area contributed by atoms with Crippen LogP contribution in [0.5, 0.6) is 0 Å². The summed E-state index contributed by atoms with van der Waals surface area (Å²) in [5.74, 6) is -0.385. The second-order valence-electron chi connectivity index (χ2n) is 4.90. The summed E-state index contributed by atoms with van der Waals surface area (Å²) in [5, 5.41) is 0.151. The molecular formula is C14H20ClFN2O. The summed E-state index contributed by atoms with van der Waals surface area (Å²) in [7, 11) is 1.75. The van der Waals surface area contributed by atoms with Gasteiger partial charge in [-0.1, -0.05) is 17.7 Å². The molecular weight excluding hydrogens is 267 g/mol. The van der Waals surface area contributed by atoms with Gasteiger partial charge in [0.15, 0.2) is 0 Å². The Morgan fingerprint density at radius 3 is 2.68 bits per heavy atom. The number of likely N-dealkylation sites (tertiary alicyclic amines) is 1. The largest absolute Gasteiger partial charge is 0.381 e. The van der Waals surface area contributed by atoms with Crippen LogP contribution < -0.4 is 5.73 Å². The second-order valence-corrected chi connectivity index (χ2v) is 5.30. The molecule has 0 amide bonds. The molecule has 1 unspecified atom stereocenters. The molecule has 0 aromatic heterocycles. The van der Waals surface area contributed by atoms with E-state index in [0.29, 0.717) is 12.6 Å². The molecule has 2 rings (SSSR count). The minimum atomic E-state index is -0.385. The van der Waals surface area contributed by atoms with Crippen molar-refractivity contribution in [2.45, 2.75) is 25.0 Å². The monoisotopic (exact) mass is 286 g/mol. The molecule has 0 aliphatic carbocycles. The topological polar surface area (TPSA) is 38.5 Å². The number of hydrogen-bond donors (Lipinski definition) is 1. The van der Waals surface area contributed by atoms with Crippen LogP contribution in [-0.2, 0) is 4.74 Å².